The highest BCUT2D eigenvalue weighted by atomic mass is 35.5. The molecule has 0 saturated heterocycles. The number of alkyl halides is 3. The molecule has 0 radical (unpaired) electrons. The molecule has 0 fully saturated rings. The van der Waals surface area contributed by atoms with Crippen molar-refractivity contribution in [3.8, 4) is 0 Å². The van der Waals surface area contributed by atoms with Gasteiger partial charge >= 0.3 is 6.18 Å². The predicted octanol–water partition coefficient (Wildman–Crippen LogP) is 1.58. The molecule has 1 aromatic carbocycles. The Morgan fingerprint density at radius 3 is 2.35 bits per heavy atom. The van der Waals surface area contributed by atoms with E-state index in [0.29, 0.717) is 13.0 Å². The Hall–Kier alpha value is -1.80. The van der Waals surface area contributed by atoms with Gasteiger partial charge < -0.3 is 16.0 Å². The number of carbonyl (C=O) groups excluding carboxylic acids is 2. The first kappa shape index (κ1) is 21.2. The lowest BCUT2D eigenvalue weighted by molar-refractivity contribution is -0.137. The molecule has 0 unspecified atom stereocenters. The summed E-state index contributed by atoms with van der Waals surface area (Å²) in [4.78, 5) is 23.2. The van der Waals surface area contributed by atoms with Gasteiger partial charge in [-0.05, 0) is 32.1 Å². The van der Waals surface area contributed by atoms with Gasteiger partial charge in [-0.25, -0.2) is 0 Å². The molecule has 0 saturated carbocycles. The largest absolute Gasteiger partial charge is 0.417 e. The summed E-state index contributed by atoms with van der Waals surface area (Å²) in [7, 11) is 1.78. The molecule has 3 N–H and O–H groups in total. The predicted molar refractivity (Wildman–Crippen MR) is 82.6 cm³/mol. The van der Waals surface area contributed by atoms with Gasteiger partial charge in [-0.15, -0.1) is 12.4 Å². The van der Waals surface area contributed by atoms with Crippen molar-refractivity contribution in [2.45, 2.75) is 12.6 Å². The van der Waals surface area contributed by atoms with Crippen molar-refractivity contribution in [1.29, 1.82) is 0 Å². The normalized spacial score (nSPS) is 10.6. The van der Waals surface area contributed by atoms with E-state index in [1.54, 1.807) is 7.05 Å². The molecule has 0 aliphatic carbocycles. The summed E-state index contributed by atoms with van der Waals surface area (Å²) in [6.07, 6.45) is -3.91. The Balaban J connectivity index is 0.00000484. The molecule has 0 heterocycles. The fourth-order valence-electron chi connectivity index (χ4n) is 1.74. The third-order valence-corrected chi connectivity index (χ3v) is 2.81. The van der Waals surface area contributed by atoms with Crippen LogP contribution in [-0.4, -0.2) is 38.5 Å². The second-order valence-corrected chi connectivity index (χ2v) is 4.53. The highest BCUT2D eigenvalue weighted by molar-refractivity contribution is 5.97. The molecule has 0 bridgehead atoms. The van der Waals surface area contributed by atoms with Crippen LogP contribution in [0, 0.1) is 0 Å². The number of amides is 2. The summed E-state index contributed by atoms with van der Waals surface area (Å²) in [5.41, 5.74) is -1.53. The highest BCUT2D eigenvalue weighted by Gasteiger charge is 2.34. The number of carbonyl (C=O) groups is 2. The molecule has 5 nitrogen and oxygen atoms in total. The van der Waals surface area contributed by atoms with E-state index >= 15 is 0 Å². The van der Waals surface area contributed by atoms with Crippen LogP contribution in [0.25, 0.3) is 0 Å². The summed E-state index contributed by atoms with van der Waals surface area (Å²) in [6.45, 7) is 0.783. The molecule has 9 heteroatoms. The molecule has 0 aliphatic rings. The standard InChI is InChI=1S/C14H18F3N3O2.ClH/c1-18-7-4-8-19-12(21)9-20-13(22)10-5-2-3-6-11(10)14(15,16)17;/h2-3,5-6,18H,4,7-9H2,1H3,(H,19,21)(H,20,22);1H. The zero-order valence-electron chi connectivity index (χ0n) is 12.5. The Labute approximate surface area is 138 Å². The maximum Gasteiger partial charge on any atom is 0.417 e. The number of hydrogen-bond acceptors (Lipinski definition) is 3. The van der Waals surface area contributed by atoms with Crippen LogP contribution in [-0.2, 0) is 11.0 Å². The molecule has 2 amide bonds. The fraction of sp³-hybridized carbons (Fsp3) is 0.429. The van der Waals surface area contributed by atoms with E-state index in [4.69, 9.17) is 0 Å². The average Bonchev–Trinajstić information content (AvgIpc) is 2.48. The lowest BCUT2D eigenvalue weighted by atomic mass is 10.1. The van der Waals surface area contributed by atoms with E-state index in [0.717, 1.165) is 18.7 Å². The number of hydrogen-bond donors (Lipinski definition) is 3. The summed E-state index contributed by atoms with van der Waals surface area (Å²) in [6, 6.07) is 4.44. The van der Waals surface area contributed by atoms with Crippen molar-refractivity contribution in [2.24, 2.45) is 0 Å². The molecule has 130 valence electrons. The third-order valence-electron chi connectivity index (χ3n) is 2.81. The number of nitrogens with one attached hydrogen (secondary N) is 3. The molecule has 23 heavy (non-hydrogen) atoms. The lowest BCUT2D eigenvalue weighted by Gasteiger charge is -2.12. The number of rotatable bonds is 7. The van der Waals surface area contributed by atoms with Crippen molar-refractivity contribution >= 4 is 24.2 Å². The topological polar surface area (TPSA) is 70.2 Å². The first-order chi connectivity index (χ1) is 10.4. The molecule has 0 atom stereocenters. The van der Waals surface area contributed by atoms with Crippen molar-refractivity contribution < 1.29 is 22.8 Å². The summed E-state index contributed by atoms with van der Waals surface area (Å²) >= 11 is 0. The molecular weight excluding hydrogens is 335 g/mol. The lowest BCUT2D eigenvalue weighted by Crippen LogP contribution is -2.38. The van der Waals surface area contributed by atoms with Crippen LogP contribution in [0.15, 0.2) is 24.3 Å². The van der Waals surface area contributed by atoms with Gasteiger partial charge in [0.05, 0.1) is 17.7 Å². The van der Waals surface area contributed by atoms with Gasteiger partial charge in [-0.1, -0.05) is 12.1 Å². The monoisotopic (exact) mass is 353 g/mol. The summed E-state index contributed by atoms with van der Waals surface area (Å²) < 4.78 is 38.3. The first-order valence-corrected chi connectivity index (χ1v) is 6.72. The Morgan fingerprint density at radius 1 is 1.09 bits per heavy atom. The maximum absolute atomic E-state index is 12.8. The Kier molecular flexibility index (Phi) is 9.28. The second-order valence-electron chi connectivity index (χ2n) is 4.53. The first-order valence-electron chi connectivity index (χ1n) is 6.72. The van der Waals surface area contributed by atoms with E-state index in [1.165, 1.54) is 12.1 Å². The van der Waals surface area contributed by atoms with Gasteiger partial charge in [0.2, 0.25) is 5.91 Å². The van der Waals surface area contributed by atoms with Crippen LogP contribution in [0.1, 0.15) is 22.3 Å². The minimum atomic E-state index is -4.62. The van der Waals surface area contributed by atoms with Crippen LogP contribution < -0.4 is 16.0 Å². The van der Waals surface area contributed by atoms with Crippen molar-refractivity contribution in [2.75, 3.05) is 26.7 Å². The van der Waals surface area contributed by atoms with Crippen molar-refractivity contribution in [3.05, 3.63) is 35.4 Å². The van der Waals surface area contributed by atoms with Crippen molar-refractivity contribution in [1.82, 2.24) is 16.0 Å². The molecule has 0 aliphatic heterocycles. The van der Waals surface area contributed by atoms with Crippen LogP contribution in [0.3, 0.4) is 0 Å². The van der Waals surface area contributed by atoms with Crippen LogP contribution in [0.2, 0.25) is 0 Å². The highest BCUT2D eigenvalue weighted by Crippen LogP contribution is 2.31. The molecule has 0 spiro atoms. The fourth-order valence-corrected chi connectivity index (χ4v) is 1.74. The van der Waals surface area contributed by atoms with Gasteiger partial charge in [-0.3, -0.25) is 9.59 Å². The van der Waals surface area contributed by atoms with Gasteiger partial charge in [-0.2, -0.15) is 13.2 Å². The van der Waals surface area contributed by atoms with Crippen molar-refractivity contribution in [3.63, 3.8) is 0 Å². The van der Waals surface area contributed by atoms with E-state index in [2.05, 4.69) is 16.0 Å². The van der Waals surface area contributed by atoms with E-state index in [1.807, 2.05) is 0 Å². The summed E-state index contributed by atoms with van der Waals surface area (Å²) in [5.74, 6) is -1.38. The maximum atomic E-state index is 12.8. The minimum Gasteiger partial charge on any atom is -0.355 e. The average molecular weight is 354 g/mol. The van der Waals surface area contributed by atoms with E-state index in [9.17, 15) is 22.8 Å². The van der Waals surface area contributed by atoms with Gasteiger partial charge in [0, 0.05) is 6.54 Å². The summed E-state index contributed by atoms with van der Waals surface area (Å²) in [5, 5.41) is 7.64. The van der Waals surface area contributed by atoms with Gasteiger partial charge in [0.15, 0.2) is 0 Å². The minimum absolute atomic E-state index is 0. The van der Waals surface area contributed by atoms with Crippen LogP contribution in [0.4, 0.5) is 13.2 Å². The van der Waals surface area contributed by atoms with Crippen LogP contribution in [0.5, 0.6) is 0 Å². The number of halogens is 4. The number of benzene rings is 1. The quantitative estimate of drug-likeness (QED) is 0.652. The zero-order valence-corrected chi connectivity index (χ0v) is 13.3. The Bertz CT molecular complexity index is 524. The molecule has 1 rings (SSSR count). The third kappa shape index (κ3) is 7.34. The van der Waals surface area contributed by atoms with Gasteiger partial charge in [0.25, 0.3) is 5.91 Å². The van der Waals surface area contributed by atoms with E-state index < -0.39 is 29.1 Å². The SMILES string of the molecule is CNCCCNC(=O)CNC(=O)c1ccccc1C(F)(F)F.Cl. The zero-order chi connectivity index (χ0) is 16.6. The second kappa shape index (κ2) is 10.1. The van der Waals surface area contributed by atoms with Crippen LogP contribution >= 0.6 is 12.4 Å². The molecule has 0 aromatic heterocycles. The molecular formula is C14H19ClF3N3O2. The molecule has 1 aromatic rings. The Morgan fingerprint density at radius 2 is 1.74 bits per heavy atom. The smallest absolute Gasteiger partial charge is 0.355 e. The van der Waals surface area contributed by atoms with E-state index in [-0.39, 0.29) is 19.0 Å². The van der Waals surface area contributed by atoms with Gasteiger partial charge in [0.1, 0.15) is 0 Å².